The number of hydrogen-bond donors (Lipinski definition) is 2. The molecule has 134 valence electrons. The lowest BCUT2D eigenvalue weighted by Crippen LogP contribution is -2.31. The van der Waals surface area contributed by atoms with E-state index in [1.165, 1.54) is 17.5 Å². The van der Waals surface area contributed by atoms with E-state index in [1.807, 2.05) is 56.5 Å². The highest BCUT2D eigenvalue weighted by atomic mass is 32.1. The summed E-state index contributed by atoms with van der Waals surface area (Å²) in [6.07, 6.45) is 1.33. The summed E-state index contributed by atoms with van der Waals surface area (Å²) < 4.78 is 0. The molecule has 3 rings (SSSR count). The lowest BCUT2D eigenvalue weighted by molar-refractivity contribution is 0.0948. The Balaban J connectivity index is 1.68. The Kier molecular flexibility index (Phi) is 4.99. The average molecular weight is 368 g/mol. The van der Waals surface area contributed by atoms with E-state index in [2.05, 4.69) is 20.3 Å². The van der Waals surface area contributed by atoms with Crippen LogP contribution < -0.4 is 10.9 Å². The van der Waals surface area contributed by atoms with Gasteiger partial charge in [-0.05, 0) is 0 Å². The molecule has 0 aliphatic rings. The van der Waals surface area contributed by atoms with Crippen molar-refractivity contribution in [2.45, 2.75) is 32.7 Å². The summed E-state index contributed by atoms with van der Waals surface area (Å²) in [5.41, 5.74) is 1.17. The SMILES string of the molecule is CC(C)(C)c1ncc(C(=O)NCc2nc(-c3ccccc3)cs2)c(=O)[nH]1. The smallest absolute Gasteiger partial charge is 0.263 e. The maximum atomic E-state index is 12.3. The van der Waals surface area contributed by atoms with Gasteiger partial charge in [-0.25, -0.2) is 9.97 Å². The second-order valence-corrected chi connectivity index (χ2v) is 7.84. The molecule has 1 amide bonds. The van der Waals surface area contributed by atoms with Crippen LogP contribution in [0.2, 0.25) is 0 Å². The Morgan fingerprint density at radius 1 is 1.23 bits per heavy atom. The Bertz CT molecular complexity index is 971. The first-order valence-corrected chi connectivity index (χ1v) is 9.10. The standard InChI is InChI=1S/C19H20N4O2S/c1-19(2,3)18-21-9-13(17(25)23-18)16(24)20-10-15-22-14(11-26-15)12-7-5-4-6-8-12/h4-9,11H,10H2,1-3H3,(H,20,24)(H,21,23,25). The first-order chi connectivity index (χ1) is 12.3. The molecule has 0 unspecified atom stereocenters. The summed E-state index contributed by atoms with van der Waals surface area (Å²) in [5.74, 6) is 0.0853. The zero-order valence-electron chi connectivity index (χ0n) is 14.9. The maximum absolute atomic E-state index is 12.3. The molecular weight excluding hydrogens is 348 g/mol. The van der Waals surface area contributed by atoms with Crippen molar-refractivity contribution in [1.29, 1.82) is 0 Å². The molecule has 0 atom stereocenters. The third-order valence-corrected chi connectivity index (χ3v) is 4.62. The number of carbonyl (C=O) groups is 1. The topological polar surface area (TPSA) is 87.7 Å². The van der Waals surface area contributed by atoms with Gasteiger partial charge in [0.2, 0.25) is 0 Å². The van der Waals surface area contributed by atoms with Crippen molar-refractivity contribution in [3.8, 4) is 11.3 Å². The Morgan fingerprint density at radius 2 is 1.96 bits per heavy atom. The maximum Gasteiger partial charge on any atom is 0.263 e. The van der Waals surface area contributed by atoms with Crippen LogP contribution in [-0.4, -0.2) is 20.9 Å². The first-order valence-electron chi connectivity index (χ1n) is 8.22. The Hall–Kier alpha value is -2.80. The van der Waals surface area contributed by atoms with Gasteiger partial charge in [0.1, 0.15) is 16.4 Å². The molecule has 2 aromatic heterocycles. The quantitative estimate of drug-likeness (QED) is 0.741. The molecule has 2 heterocycles. The van der Waals surface area contributed by atoms with Crippen LogP contribution >= 0.6 is 11.3 Å². The molecule has 6 nitrogen and oxygen atoms in total. The highest BCUT2D eigenvalue weighted by Gasteiger charge is 2.19. The third kappa shape index (κ3) is 4.05. The van der Waals surface area contributed by atoms with Crippen LogP contribution in [0.4, 0.5) is 0 Å². The largest absolute Gasteiger partial charge is 0.345 e. The van der Waals surface area contributed by atoms with Gasteiger partial charge in [0.15, 0.2) is 0 Å². The molecule has 0 fully saturated rings. The molecule has 1 aromatic carbocycles. The van der Waals surface area contributed by atoms with E-state index in [-0.39, 0.29) is 17.5 Å². The van der Waals surface area contributed by atoms with Gasteiger partial charge in [0.25, 0.3) is 11.5 Å². The summed E-state index contributed by atoms with van der Waals surface area (Å²) in [5, 5.41) is 5.45. The van der Waals surface area contributed by atoms with Crippen LogP contribution in [-0.2, 0) is 12.0 Å². The van der Waals surface area contributed by atoms with Gasteiger partial charge in [0.05, 0.1) is 12.2 Å². The summed E-state index contributed by atoms with van der Waals surface area (Å²) in [7, 11) is 0. The highest BCUT2D eigenvalue weighted by Crippen LogP contribution is 2.21. The molecule has 26 heavy (non-hydrogen) atoms. The minimum atomic E-state index is -0.462. The number of rotatable bonds is 4. The van der Waals surface area contributed by atoms with E-state index in [0.29, 0.717) is 5.82 Å². The Labute approximate surface area is 155 Å². The zero-order valence-corrected chi connectivity index (χ0v) is 15.7. The van der Waals surface area contributed by atoms with Crippen LogP contribution in [0.15, 0.2) is 46.7 Å². The lowest BCUT2D eigenvalue weighted by Gasteiger charge is -2.16. The number of aromatic amines is 1. The number of thiazole rings is 1. The van der Waals surface area contributed by atoms with Crippen molar-refractivity contribution in [2.75, 3.05) is 0 Å². The van der Waals surface area contributed by atoms with Crippen molar-refractivity contribution >= 4 is 17.2 Å². The molecular formula is C19H20N4O2S. The van der Waals surface area contributed by atoms with Crippen molar-refractivity contribution in [2.24, 2.45) is 0 Å². The van der Waals surface area contributed by atoms with Gasteiger partial charge in [-0.3, -0.25) is 9.59 Å². The van der Waals surface area contributed by atoms with E-state index in [1.54, 1.807) is 0 Å². The fourth-order valence-electron chi connectivity index (χ4n) is 2.32. The second kappa shape index (κ2) is 7.21. The van der Waals surface area contributed by atoms with Crippen LogP contribution in [0.1, 0.15) is 42.0 Å². The second-order valence-electron chi connectivity index (χ2n) is 6.90. The molecule has 0 aliphatic carbocycles. The summed E-state index contributed by atoms with van der Waals surface area (Å²) in [6, 6.07) is 9.83. The molecule has 2 N–H and O–H groups in total. The van der Waals surface area contributed by atoms with Gasteiger partial charge in [-0.2, -0.15) is 0 Å². The predicted molar refractivity (Wildman–Crippen MR) is 102 cm³/mol. The number of nitrogens with zero attached hydrogens (tertiary/aromatic N) is 2. The summed E-state index contributed by atoms with van der Waals surface area (Å²) in [6.45, 7) is 6.09. The van der Waals surface area contributed by atoms with Crippen LogP contribution in [0, 0.1) is 0 Å². The van der Waals surface area contributed by atoms with Crippen LogP contribution in [0.3, 0.4) is 0 Å². The van der Waals surface area contributed by atoms with E-state index in [9.17, 15) is 9.59 Å². The number of amides is 1. The molecule has 0 saturated carbocycles. The van der Waals surface area contributed by atoms with Crippen molar-refractivity contribution in [3.63, 3.8) is 0 Å². The number of hydrogen-bond acceptors (Lipinski definition) is 5. The third-order valence-electron chi connectivity index (χ3n) is 3.78. The molecule has 0 aliphatic heterocycles. The number of carbonyl (C=O) groups excluding carboxylic acids is 1. The normalized spacial score (nSPS) is 11.3. The van der Waals surface area contributed by atoms with Gasteiger partial charge in [0, 0.05) is 22.6 Å². The number of nitrogens with one attached hydrogen (secondary N) is 2. The molecule has 0 saturated heterocycles. The van der Waals surface area contributed by atoms with E-state index in [0.717, 1.165) is 16.3 Å². The van der Waals surface area contributed by atoms with Crippen molar-refractivity contribution in [3.05, 3.63) is 68.7 Å². The summed E-state index contributed by atoms with van der Waals surface area (Å²) >= 11 is 1.46. The van der Waals surface area contributed by atoms with Gasteiger partial charge < -0.3 is 10.3 Å². The number of aromatic nitrogens is 3. The van der Waals surface area contributed by atoms with Gasteiger partial charge >= 0.3 is 0 Å². The highest BCUT2D eigenvalue weighted by molar-refractivity contribution is 7.09. The molecule has 0 bridgehead atoms. The predicted octanol–water partition coefficient (Wildman–Crippen LogP) is 3.12. The summed E-state index contributed by atoms with van der Waals surface area (Å²) in [4.78, 5) is 35.8. The van der Waals surface area contributed by atoms with Gasteiger partial charge in [-0.15, -0.1) is 11.3 Å². The molecule has 3 aromatic rings. The van der Waals surface area contributed by atoms with E-state index >= 15 is 0 Å². The fraction of sp³-hybridized carbons (Fsp3) is 0.263. The van der Waals surface area contributed by atoms with Gasteiger partial charge in [-0.1, -0.05) is 51.1 Å². The fourth-order valence-corrected chi connectivity index (χ4v) is 3.07. The first kappa shape index (κ1) is 18.0. The van der Waals surface area contributed by atoms with Crippen molar-refractivity contribution < 1.29 is 4.79 Å². The zero-order chi connectivity index (χ0) is 18.7. The molecule has 0 spiro atoms. The lowest BCUT2D eigenvalue weighted by atomic mass is 9.96. The van der Waals surface area contributed by atoms with Crippen LogP contribution in [0.25, 0.3) is 11.3 Å². The minimum absolute atomic E-state index is 0.00200. The average Bonchev–Trinajstić information content (AvgIpc) is 3.08. The number of benzene rings is 1. The van der Waals surface area contributed by atoms with Crippen molar-refractivity contribution in [1.82, 2.24) is 20.3 Å². The van der Waals surface area contributed by atoms with Crippen LogP contribution in [0.5, 0.6) is 0 Å². The molecule has 0 radical (unpaired) electrons. The monoisotopic (exact) mass is 368 g/mol. The minimum Gasteiger partial charge on any atom is -0.345 e. The van der Waals surface area contributed by atoms with E-state index in [4.69, 9.17) is 0 Å². The van der Waals surface area contributed by atoms with E-state index < -0.39 is 11.5 Å². The molecule has 7 heteroatoms. The Morgan fingerprint density at radius 3 is 2.62 bits per heavy atom. The number of H-pyrrole nitrogens is 1.